The Morgan fingerprint density at radius 2 is 1.28 bits per heavy atom. The number of aliphatic hydroxyl groups is 1. The van der Waals surface area contributed by atoms with Crippen LogP contribution in [-0.4, -0.2) is 47.8 Å². The van der Waals surface area contributed by atoms with E-state index in [4.69, 9.17) is 14.8 Å². The molecule has 43 heavy (non-hydrogen) atoms. The molecule has 1 amide bonds. The number of hydrogen-bond acceptors (Lipinski definition) is 6. The second kappa shape index (κ2) is 31.0. The minimum atomic E-state index is -4.30. The Bertz CT molecular complexity index is 734. The average molecular weight is 631 g/mol. The van der Waals surface area contributed by atoms with Gasteiger partial charge in [0.2, 0.25) is 5.91 Å². The minimum Gasteiger partial charge on any atom is -0.391 e. The monoisotopic (exact) mass is 630 g/mol. The second-order valence-electron chi connectivity index (χ2n) is 11.7. The lowest BCUT2D eigenvalue weighted by molar-refractivity contribution is -0.123. The molecule has 3 unspecified atom stereocenters. The van der Waals surface area contributed by atoms with Crippen LogP contribution in [0.2, 0.25) is 0 Å². The van der Waals surface area contributed by atoms with E-state index in [0.717, 1.165) is 64.2 Å². The molecule has 0 bridgehead atoms. The van der Waals surface area contributed by atoms with Gasteiger partial charge in [-0.3, -0.25) is 13.8 Å². The molecule has 254 valence electrons. The molecule has 3 atom stereocenters. The predicted octanol–water partition coefficient (Wildman–Crippen LogP) is 8.66. The normalized spacial score (nSPS) is 14.8. The second-order valence-corrected chi connectivity index (χ2v) is 13.2. The number of carbonyl (C=O) groups excluding carboxylic acids is 1. The Labute approximate surface area is 264 Å². The average Bonchev–Trinajstić information content (AvgIpc) is 2.99. The maximum Gasteiger partial charge on any atom is 0.472 e. The van der Waals surface area contributed by atoms with Crippen LogP contribution in [0.15, 0.2) is 24.3 Å². The van der Waals surface area contributed by atoms with Crippen LogP contribution in [0.4, 0.5) is 0 Å². The van der Waals surface area contributed by atoms with Crippen molar-refractivity contribution in [2.75, 3.05) is 19.8 Å². The maximum absolute atomic E-state index is 12.6. The van der Waals surface area contributed by atoms with Gasteiger partial charge in [0.05, 0.1) is 25.4 Å². The molecular formula is C34H67N2O6P. The lowest BCUT2D eigenvalue weighted by Gasteiger charge is -2.25. The van der Waals surface area contributed by atoms with Crippen LogP contribution in [0, 0.1) is 0 Å². The molecule has 8 nitrogen and oxygen atoms in total. The van der Waals surface area contributed by atoms with Gasteiger partial charge < -0.3 is 21.1 Å². The number of amides is 1. The Kier molecular flexibility index (Phi) is 30.2. The summed E-state index contributed by atoms with van der Waals surface area (Å²) in [5, 5.41) is 13.6. The van der Waals surface area contributed by atoms with Gasteiger partial charge in [0.15, 0.2) is 0 Å². The fourth-order valence-corrected chi connectivity index (χ4v) is 5.63. The molecule has 0 aliphatic rings. The molecule has 0 heterocycles. The molecule has 0 spiro atoms. The van der Waals surface area contributed by atoms with Gasteiger partial charge >= 0.3 is 7.82 Å². The smallest absolute Gasteiger partial charge is 0.391 e. The molecular weight excluding hydrogens is 563 g/mol. The van der Waals surface area contributed by atoms with Gasteiger partial charge in [-0.05, 0) is 44.9 Å². The van der Waals surface area contributed by atoms with E-state index in [1.807, 2.05) is 0 Å². The molecule has 0 saturated carbocycles. The summed E-state index contributed by atoms with van der Waals surface area (Å²) in [5.74, 6) is -0.180. The molecule has 9 heteroatoms. The van der Waals surface area contributed by atoms with E-state index in [9.17, 15) is 19.4 Å². The first-order valence-electron chi connectivity index (χ1n) is 17.5. The number of nitrogens with one attached hydrogen (secondary N) is 1. The molecule has 0 aliphatic carbocycles. The molecule has 0 aromatic carbocycles. The molecule has 5 N–H and O–H groups in total. The van der Waals surface area contributed by atoms with Gasteiger partial charge in [0.25, 0.3) is 0 Å². The summed E-state index contributed by atoms with van der Waals surface area (Å²) in [6.45, 7) is 4.12. The Morgan fingerprint density at radius 1 is 0.767 bits per heavy atom. The Morgan fingerprint density at radius 3 is 1.88 bits per heavy atom. The van der Waals surface area contributed by atoms with Gasteiger partial charge in [-0.2, -0.15) is 0 Å². The molecule has 0 fully saturated rings. The third kappa shape index (κ3) is 29.5. The van der Waals surface area contributed by atoms with Gasteiger partial charge in [0.1, 0.15) is 0 Å². The lowest BCUT2D eigenvalue weighted by atomic mass is 10.0. The minimum absolute atomic E-state index is 0.0862. The number of hydrogen-bond donors (Lipinski definition) is 4. The zero-order chi connectivity index (χ0) is 31.9. The van der Waals surface area contributed by atoms with Gasteiger partial charge in [0, 0.05) is 13.0 Å². The SMILES string of the molecule is CCCCC/C=C\C/C=C\CCCCCCCC(=O)NC(COP(=O)(O)OCCN)C(O)CCCCCCCCCCC. The number of phosphoric acid groups is 1. The largest absolute Gasteiger partial charge is 0.472 e. The van der Waals surface area contributed by atoms with Crippen molar-refractivity contribution in [2.24, 2.45) is 5.73 Å². The molecule has 0 saturated heterocycles. The summed E-state index contributed by atoms with van der Waals surface area (Å²) in [5.41, 5.74) is 5.34. The van der Waals surface area contributed by atoms with Gasteiger partial charge in [-0.1, -0.05) is 128 Å². The van der Waals surface area contributed by atoms with E-state index in [-0.39, 0.29) is 25.7 Å². The Balaban J connectivity index is 4.30. The van der Waals surface area contributed by atoms with Crippen molar-refractivity contribution in [2.45, 2.75) is 167 Å². The van der Waals surface area contributed by atoms with Crippen LogP contribution >= 0.6 is 7.82 Å². The topological polar surface area (TPSA) is 131 Å². The summed E-state index contributed by atoms with van der Waals surface area (Å²) < 4.78 is 22.0. The summed E-state index contributed by atoms with van der Waals surface area (Å²) in [6, 6.07) is -0.776. The van der Waals surface area contributed by atoms with Gasteiger partial charge in [-0.15, -0.1) is 0 Å². The highest BCUT2D eigenvalue weighted by atomic mass is 31.2. The van der Waals surface area contributed by atoms with Crippen LogP contribution in [0.3, 0.4) is 0 Å². The number of nitrogens with two attached hydrogens (primary N) is 1. The van der Waals surface area contributed by atoms with E-state index in [1.165, 1.54) is 64.2 Å². The van der Waals surface area contributed by atoms with Crippen LogP contribution in [-0.2, 0) is 18.4 Å². The first-order chi connectivity index (χ1) is 20.9. The van der Waals surface area contributed by atoms with Crippen molar-refractivity contribution in [1.82, 2.24) is 5.32 Å². The summed E-state index contributed by atoms with van der Waals surface area (Å²) in [7, 11) is -4.30. The zero-order valence-corrected chi connectivity index (χ0v) is 28.6. The number of unbranched alkanes of at least 4 members (excludes halogenated alkanes) is 16. The van der Waals surface area contributed by atoms with Crippen molar-refractivity contribution < 1.29 is 28.4 Å². The standard InChI is InChI=1S/C34H67N2O6P/c1-3-5-7-9-11-13-14-15-16-17-18-20-22-24-26-28-34(38)36-32(31-42-43(39,40)41-30-29-35)33(37)27-25-23-21-19-12-10-8-6-4-2/h11,13,15-16,32-33,37H,3-10,12,14,17-31,35H2,1-2H3,(H,36,38)(H,39,40)/b13-11-,16-15-. The fraction of sp³-hybridized carbons (Fsp3) is 0.853. The third-order valence-corrected chi connectivity index (χ3v) is 8.54. The Hall–Kier alpha value is -1.02. The fourth-order valence-electron chi connectivity index (χ4n) is 4.87. The van der Waals surface area contributed by atoms with Crippen LogP contribution in [0.25, 0.3) is 0 Å². The molecule has 0 aliphatic heterocycles. The zero-order valence-electron chi connectivity index (χ0n) is 27.7. The molecule has 0 aromatic heterocycles. The van der Waals surface area contributed by atoms with Crippen LogP contribution in [0.5, 0.6) is 0 Å². The number of aliphatic hydroxyl groups excluding tert-OH is 1. The number of rotatable bonds is 32. The highest BCUT2D eigenvalue weighted by molar-refractivity contribution is 7.47. The molecule has 0 aromatic rings. The van der Waals surface area contributed by atoms with E-state index in [2.05, 4.69) is 43.5 Å². The highest BCUT2D eigenvalue weighted by Gasteiger charge is 2.27. The van der Waals surface area contributed by atoms with Crippen molar-refractivity contribution in [3.63, 3.8) is 0 Å². The number of allylic oxidation sites excluding steroid dienone is 4. The van der Waals surface area contributed by atoms with Crippen molar-refractivity contribution in [1.29, 1.82) is 0 Å². The van der Waals surface area contributed by atoms with Crippen molar-refractivity contribution in [3.8, 4) is 0 Å². The molecule has 0 rings (SSSR count). The van der Waals surface area contributed by atoms with E-state index < -0.39 is 20.0 Å². The van der Waals surface area contributed by atoms with E-state index >= 15 is 0 Å². The lowest BCUT2D eigenvalue weighted by Crippen LogP contribution is -2.46. The third-order valence-electron chi connectivity index (χ3n) is 7.56. The quantitative estimate of drug-likeness (QED) is 0.0332. The van der Waals surface area contributed by atoms with Crippen molar-refractivity contribution in [3.05, 3.63) is 24.3 Å². The highest BCUT2D eigenvalue weighted by Crippen LogP contribution is 2.43. The van der Waals surface area contributed by atoms with Crippen LogP contribution in [0.1, 0.15) is 155 Å². The van der Waals surface area contributed by atoms with E-state index in [1.54, 1.807) is 0 Å². The maximum atomic E-state index is 12.6. The summed E-state index contributed by atoms with van der Waals surface area (Å²) >= 11 is 0. The first kappa shape index (κ1) is 42.0. The number of phosphoric ester groups is 1. The van der Waals surface area contributed by atoms with Crippen molar-refractivity contribution >= 4 is 13.7 Å². The number of carbonyl (C=O) groups is 1. The van der Waals surface area contributed by atoms with Crippen LogP contribution < -0.4 is 11.1 Å². The summed E-state index contributed by atoms with van der Waals surface area (Å²) in [6.07, 6.45) is 31.8. The molecule has 0 radical (unpaired) electrons. The first-order valence-corrected chi connectivity index (χ1v) is 18.9. The summed E-state index contributed by atoms with van der Waals surface area (Å²) in [4.78, 5) is 22.5. The van der Waals surface area contributed by atoms with Gasteiger partial charge in [-0.25, -0.2) is 4.57 Å². The predicted molar refractivity (Wildman–Crippen MR) is 180 cm³/mol. The van der Waals surface area contributed by atoms with E-state index in [0.29, 0.717) is 12.8 Å².